The molecule has 11 heteroatoms. The van der Waals surface area contributed by atoms with Gasteiger partial charge in [0, 0.05) is 0 Å². The molecule has 9 nitrogen and oxygen atoms in total. The van der Waals surface area contributed by atoms with Crippen LogP contribution in [0.4, 0.5) is 0 Å². The predicted molar refractivity (Wildman–Crippen MR) is 84.4 cm³/mol. The number of fused-ring (bicyclic) bond motifs is 1. The largest absolute Gasteiger partial charge is 0.477 e. The van der Waals surface area contributed by atoms with Crippen molar-refractivity contribution in [1.82, 2.24) is 20.0 Å². The maximum Gasteiger partial charge on any atom is 0.347 e. The second-order valence-corrected chi connectivity index (χ2v) is 7.77. The summed E-state index contributed by atoms with van der Waals surface area (Å²) in [5.41, 5.74) is 0.958. The molecule has 0 bridgehead atoms. The molecule has 0 aliphatic rings. The van der Waals surface area contributed by atoms with Crippen LogP contribution in [0.1, 0.15) is 33.2 Å². The van der Waals surface area contributed by atoms with E-state index < -0.39 is 22.0 Å². The lowest BCUT2D eigenvalue weighted by Gasteiger charge is -2.13. The standard InChI is InChI=1S/C13H12N4O5S2/c1-6-3-4-8-10(16-22-15-8)11(6)24(20,21)17-7(2)12-14-5-9(23-12)13(18)19/h3-5,7,17H,1-2H3,(H,18,19). The third-order valence-corrected chi connectivity index (χ3v) is 6.17. The van der Waals surface area contributed by atoms with E-state index >= 15 is 0 Å². The monoisotopic (exact) mass is 368 g/mol. The van der Waals surface area contributed by atoms with Crippen LogP contribution in [-0.4, -0.2) is 34.8 Å². The summed E-state index contributed by atoms with van der Waals surface area (Å²) < 4.78 is 32.5. The first-order valence-corrected chi connectivity index (χ1v) is 9.03. The molecule has 2 heterocycles. The first-order chi connectivity index (χ1) is 11.3. The third-order valence-electron chi connectivity index (χ3n) is 3.28. The van der Waals surface area contributed by atoms with Gasteiger partial charge in [-0.05, 0) is 35.8 Å². The number of carboxylic acid groups (broad SMARTS) is 1. The summed E-state index contributed by atoms with van der Waals surface area (Å²) in [5, 5.41) is 16.6. The number of hydrogen-bond donors (Lipinski definition) is 2. The average molecular weight is 368 g/mol. The van der Waals surface area contributed by atoms with E-state index in [1.807, 2.05) is 0 Å². The number of nitrogens with one attached hydrogen (secondary N) is 1. The second-order valence-electron chi connectivity index (χ2n) is 5.05. The minimum atomic E-state index is -3.94. The molecule has 0 spiro atoms. The molecule has 1 aromatic carbocycles. The number of aromatic nitrogens is 3. The Morgan fingerprint density at radius 3 is 2.79 bits per heavy atom. The highest BCUT2D eigenvalue weighted by atomic mass is 32.2. The number of benzene rings is 1. The number of aryl methyl sites for hydroxylation is 1. The van der Waals surface area contributed by atoms with Crippen LogP contribution in [0.2, 0.25) is 0 Å². The molecule has 0 radical (unpaired) electrons. The van der Waals surface area contributed by atoms with Gasteiger partial charge >= 0.3 is 5.97 Å². The average Bonchev–Trinajstić information content (AvgIpc) is 3.15. The number of thiazole rings is 1. The zero-order valence-corrected chi connectivity index (χ0v) is 14.2. The number of carboxylic acids is 1. The van der Waals surface area contributed by atoms with Crippen molar-refractivity contribution in [3.05, 3.63) is 33.8 Å². The first-order valence-electron chi connectivity index (χ1n) is 6.73. The summed E-state index contributed by atoms with van der Waals surface area (Å²) in [6.45, 7) is 3.22. The Morgan fingerprint density at radius 2 is 2.12 bits per heavy atom. The number of aromatic carboxylic acids is 1. The normalized spacial score (nSPS) is 13.2. The van der Waals surface area contributed by atoms with E-state index in [4.69, 9.17) is 5.11 Å². The summed E-state index contributed by atoms with van der Waals surface area (Å²) in [4.78, 5) is 14.9. The maximum absolute atomic E-state index is 12.7. The Kier molecular flexibility index (Phi) is 4.07. The van der Waals surface area contributed by atoms with E-state index in [9.17, 15) is 13.2 Å². The molecule has 1 unspecified atom stereocenters. The molecule has 0 amide bonds. The quantitative estimate of drug-likeness (QED) is 0.695. The van der Waals surface area contributed by atoms with E-state index in [0.717, 1.165) is 11.3 Å². The van der Waals surface area contributed by atoms with Crippen LogP contribution in [0.25, 0.3) is 11.0 Å². The molecule has 126 valence electrons. The lowest BCUT2D eigenvalue weighted by Crippen LogP contribution is -2.27. The fourth-order valence-corrected chi connectivity index (χ4v) is 4.61. The van der Waals surface area contributed by atoms with Crippen LogP contribution < -0.4 is 4.72 Å². The van der Waals surface area contributed by atoms with Gasteiger partial charge in [-0.3, -0.25) is 0 Å². The van der Waals surface area contributed by atoms with Crippen molar-refractivity contribution in [2.24, 2.45) is 0 Å². The Hall–Kier alpha value is -2.37. The molecule has 1 atom stereocenters. The third kappa shape index (κ3) is 2.88. The second kappa shape index (κ2) is 5.92. The molecule has 3 aromatic rings. The van der Waals surface area contributed by atoms with Gasteiger partial charge in [-0.25, -0.2) is 27.5 Å². The van der Waals surface area contributed by atoms with Gasteiger partial charge in [0.1, 0.15) is 20.3 Å². The number of carbonyl (C=O) groups is 1. The minimum absolute atomic E-state index is 0.0249. The summed E-state index contributed by atoms with van der Waals surface area (Å²) in [6.07, 6.45) is 1.20. The SMILES string of the molecule is Cc1ccc2nonc2c1S(=O)(=O)NC(C)c1ncc(C(=O)O)s1. The van der Waals surface area contributed by atoms with Crippen molar-refractivity contribution in [2.75, 3.05) is 0 Å². The van der Waals surface area contributed by atoms with E-state index in [2.05, 4.69) is 24.6 Å². The maximum atomic E-state index is 12.7. The molecule has 0 saturated carbocycles. The number of hydrogen-bond acceptors (Lipinski definition) is 8. The van der Waals surface area contributed by atoms with Gasteiger partial charge in [-0.1, -0.05) is 6.07 Å². The highest BCUT2D eigenvalue weighted by molar-refractivity contribution is 7.89. The zero-order chi connectivity index (χ0) is 17.5. The highest BCUT2D eigenvalue weighted by Crippen LogP contribution is 2.27. The molecular formula is C13H12N4O5S2. The molecule has 3 rings (SSSR count). The molecule has 0 saturated heterocycles. The molecule has 2 aromatic heterocycles. The van der Waals surface area contributed by atoms with Gasteiger partial charge in [-0.2, -0.15) is 0 Å². The first kappa shape index (κ1) is 16.5. The molecular weight excluding hydrogens is 356 g/mol. The summed E-state index contributed by atoms with van der Waals surface area (Å²) >= 11 is 0.910. The van der Waals surface area contributed by atoms with Crippen molar-refractivity contribution in [3.8, 4) is 0 Å². The predicted octanol–water partition coefficient (Wildman–Crippen LogP) is 1.73. The number of nitrogens with zero attached hydrogens (tertiary/aromatic N) is 3. The van der Waals surface area contributed by atoms with Crippen molar-refractivity contribution in [3.63, 3.8) is 0 Å². The van der Waals surface area contributed by atoms with Crippen LogP contribution in [-0.2, 0) is 10.0 Å². The van der Waals surface area contributed by atoms with Gasteiger partial charge in [0.2, 0.25) is 10.0 Å². The minimum Gasteiger partial charge on any atom is -0.477 e. The zero-order valence-electron chi connectivity index (χ0n) is 12.5. The Bertz CT molecular complexity index is 1020. The van der Waals surface area contributed by atoms with Crippen molar-refractivity contribution >= 4 is 38.4 Å². The van der Waals surface area contributed by atoms with Crippen LogP contribution in [0.3, 0.4) is 0 Å². The summed E-state index contributed by atoms with van der Waals surface area (Å²) in [7, 11) is -3.94. The van der Waals surface area contributed by atoms with Gasteiger partial charge < -0.3 is 5.11 Å². The van der Waals surface area contributed by atoms with Crippen LogP contribution in [0.5, 0.6) is 0 Å². The van der Waals surface area contributed by atoms with E-state index in [1.54, 1.807) is 26.0 Å². The van der Waals surface area contributed by atoms with E-state index in [1.165, 1.54) is 6.20 Å². The fraction of sp³-hybridized carbons (Fsp3) is 0.231. The van der Waals surface area contributed by atoms with Crippen LogP contribution in [0, 0.1) is 6.92 Å². The highest BCUT2D eigenvalue weighted by Gasteiger charge is 2.26. The van der Waals surface area contributed by atoms with Crippen molar-refractivity contribution in [1.29, 1.82) is 0 Å². The van der Waals surface area contributed by atoms with Crippen LogP contribution in [0.15, 0.2) is 27.9 Å². The lowest BCUT2D eigenvalue weighted by molar-refractivity contribution is 0.0702. The van der Waals surface area contributed by atoms with Crippen LogP contribution >= 0.6 is 11.3 Å². The summed E-state index contributed by atoms with van der Waals surface area (Å²) in [6, 6.07) is 2.52. The molecule has 0 aliphatic heterocycles. The number of sulfonamides is 1. The number of rotatable bonds is 5. The van der Waals surface area contributed by atoms with Crippen molar-refractivity contribution in [2.45, 2.75) is 24.8 Å². The van der Waals surface area contributed by atoms with Gasteiger partial charge in [0.05, 0.1) is 12.2 Å². The molecule has 0 fully saturated rings. The topological polar surface area (TPSA) is 135 Å². The lowest BCUT2D eigenvalue weighted by atomic mass is 10.2. The Labute approximate surface area is 140 Å². The molecule has 2 N–H and O–H groups in total. The molecule has 24 heavy (non-hydrogen) atoms. The van der Waals surface area contributed by atoms with Gasteiger partial charge in [-0.15, -0.1) is 11.3 Å². The van der Waals surface area contributed by atoms with E-state index in [-0.39, 0.29) is 15.3 Å². The fourth-order valence-electron chi connectivity index (χ4n) is 2.20. The Balaban J connectivity index is 1.96. The van der Waals surface area contributed by atoms with Gasteiger partial charge in [0.15, 0.2) is 5.52 Å². The van der Waals surface area contributed by atoms with Gasteiger partial charge in [0.25, 0.3) is 0 Å². The molecule has 0 aliphatic carbocycles. The van der Waals surface area contributed by atoms with E-state index in [0.29, 0.717) is 16.1 Å². The Morgan fingerprint density at radius 1 is 1.38 bits per heavy atom. The van der Waals surface area contributed by atoms with Crippen molar-refractivity contribution < 1.29 is 22.9 Å². The summed E-state index contributed by atoms with van der Waals surface area (Å²) in [5.74, 6) is -1.11. The smallest absolute Gasteiger partial charge is 0.347 e.